The first-order chi connectivity index (χ1) is 12.7. The molecule has 136 valence electrons. The van der Waals surface area contributed by atoms with Gasteiger partial charge in [0.25, 0.3) is 0 Å². The second-order valence-electron chi connectivity index (χ2n) is 6.11. The van der Waals surface area contributed by atoms with Crippen molar-refractivity contribution < 1.29 is 9.59 Å². The summed E-state index contributed by atoms with van der Waals surface area (Å²) < 4.78 is 0. The number of piperazine rings is 1. The summed E-state index contributed by atoms with van der Waals surface area (Å²) in [4.78, 5) is 28.4. The molecule has 0 spiro atoms. The Morgan fingerprint density at radius 2 is 1.46 bits per heavy atom. The predicted octanol–water partition coefficient (Wildman–Crippen LogP) is 2.71. The molecule has 1 fully saturated rings. The molecule has 2 aromatic carbocycles. The Balaban J connectivity index is 1.36. The smallest absolute Gasteiger partial charge is 0.234 e. The highest BCUT2D eigenvalue weighted by Gasteiger charge is 2.21. The monoisotopic (exact) mass is 369 g/mol. The second-order valence-corrected chi connectivity index (χ2v) is 7.10. The fraction of sp³-hybridized carbons (Fsp3) is 0.300. The minimum Gasteiger partial charge on any atom is -0.368 e. The van der Waals surface area contributed by atoms with Crippen molar-refractivity contribution in [1.82, 2.24) is 4.90 Å². The number of hydrogen-bond acceptors (Lipinski definition) is 4. The SMILES string of the molecule is O=C(CSCC(=O)N1CCN(c2ccccc2)CC1)Nc1ccccc1. The quantitative estimate of drug-likeness (QED) is 0.851. The van der Waals surface area contributed by atoms with Gasteiger partial charge in [-0.05, 0) is 24.3 Å². The Kier molecular flexibility index (Phi) is 6.55. The Morgan fingerprint density at radius 1 is 0.846 bits per heavy atom. The van der Waals surface area contributed by atoms with E-state index >= 15 is 0 Å². The topological polar surface area (TPSA) is 52.7 Å². The first kappa shape index (κ1) is 18.3. The maximum Gasteiger partial charge on any atom is 0.234 e. The Bertz CT molecular complexity index is 716. The third-order valence-corrected chi connectivity index (χ3v) is 5.19. The molecule has 0 atom stereocenters. The zero-order chi connectivity index (χ0) is 18.2. The van der Waals surface area contributed by atoms with Crippen molar-refractivity contribution in [2.24, 2.45) is 0 Å². The molecule has 0 radical (unpaired) electrons. The molecule has 1 N–H and O–H groups in total. The number of carbonyl (C=O) groups is 2. The number of nitrogens with one attached hydrogen (secondary N) is 1. The summed E-state index contributed by atoms with van der Waals surface area (Å²) in [5, 5.41) is 2.83. The van der Waals surface area contributed by atoms with Crippen molar-refractivity contribution in [3.05, 3.63) is 60.7 Å². The summed E-state index contributed by atoms with van der Waals surface area (Å²) in [7, 11) is 0. The van der Waals surface area contributed by atoms with Gasteiger partial charge in [0, 0.05) is 37.6 Å². The minimum atomic E-state index is -0.0807. The summed E-state index contributed by atoms with van der Waals surface area (Å²) in [5.41, 5.74) is 1.98. The van der Waals surface area contributed by atoms with Gasteiger partial charge in [0.2, 0.25) is 11.8 Å². The molecule has 6 heteroatoms. The molecule has 1 aliphatic heterocycles. The highest BCUT2D eigenvalue weighted by Crippen LogP contribution is 2.16. The normalized spacial score (nSPS) is 14.2. The van der Waals surface area contributed by atoms with Crippen molar-refractivity contribution in [3.63, 3.8) is 0 Å². The average Bonchev–Trinajstić information content (AvgIpc) is 2.69. The number of amides is 2. The van der Waals surface area contributed by atoms with E-state index in [1.807, 2.05) is 53.4 Å². The molecule has 3 rings (SSSR count). The maximum absolute atomic E-state index is 12.3. The van der Waals surface area contributed by atoms with E-state index in [0.717, 1.165) is 31.9 Å². The van der Waals surface area contributed by atoms with Crippen LogP contribution >= 0.6 is 11.8 Å². The van der Waals surface area contributed by atoms with E-state index < -0.39 is 0 Å². The molecule has 2 amide bonds. The third kappa shape index (κ3) is 5.26. The molecule has 1 heterocycles. The van der Waals surface area contributed by atoms with Crippen LogP contribution in [0.3, 0.4) is 0 Å². The second kappa shape index (κ2) is 9.29. The number of hydrogen-bond donors (Lipinski definition) is 1. The molecule has 5 nitrogen and oxygen atoms in total. The first-order valence-electron chi connectivity index (χ1n) is 8.73. The number of thioether (sulfide) groups is 1. The van der Waals surface area contributed by atoms with E-state index in [-0.39, 0.29) is 17.6 Å². The van der Waals surface area contributed by atoms with Gasteiger partial charge < -0.3 is 15.1 Å². The summed E-state index contributed by atoms with van der Waals surface area (Å²) in [6, 6.07) is 19.6. The van der Waals surface area contributed by atoms with Gasteiger partial charge >= 0.3 is 0 Å². The number of para-hydroxylation sites is 2. The molecule has 0 aliphatic carbocycles. The third-order valence-electron chi connectivity index (χ3n) is 4.27. The number of anilines is 2. The van der Waals surface area contributed by atoms with Crippen LogP contribution in [0.5, 0.6) is 0 Å². The highest BCUT2D eigenvalue weighted by atomic mass is 32.2. The van der Waals surface area contributed by atoms with Crippen LogP contribution in [-0.2, 0) is 9.59 Å². The number of carbonyl (C=O) groups excluding carboxylic acids is 2. The average molecular weight is 369 g/mol. The number of benzene rings is 2. The Hall–Kier alpha value is -2.47. The van der Waals surface area contributed by atoms with Gasteiger partial charge in [0.15, 0.2) is 0 Å². The molecular formula is C20H23N3O2S. The van der Waals surface area contributed by atoms with E-state index in [1.54, 1.807) is 0 Å². The van der Waals surface area contributed by atoms with Gasteiger partial charge in [-0.3, -0.25) is 9.59 Å². The van der Waals surface area contributed by atoms with Gasteiger partial charge in [0.05, 0.1) is 11.5 Å². The van der Waals surface area contributed by atoms with Gasteiger partial charge in [-0.25, -0.2) is 0 Å². The van der Waals surface area contributed by atoms with Gasteiger partial charge in [-0.2, -0.15) is 0 Å². The summed E-state index contributed by atoms with van der Waals surface area (Å²) in [6.07, 6.45) is 0. The van der Waals surface area contributed by atoms with E-state index in [0.29, 0.717) is 5.75 Å². The van der Waals surface area contributed by atoms with Crippen LogP contribution in [-0.4, -0.2) is 54.4 Å². The Morgan fingerprint density at radius 3 is 2.12 bits per heavy atom. The van der Waals surface area contributed by atoms with Gasteiger partial charge in [-0.15, -0.1) is 11.8 Å². The van der Waals surface area contributed by atoms with E-state index in [1.165, 1.54) is 17.4 Å². The fourth-order valence-electron chi connectivity index (χ4n) is 2.89. The van der Waals surface area contributed by atoms with Crippen molar-refractivity contribution in [3.8, 4) is 0 Å². The predicted molar refractivity (Wildman–Crippen MR) is 108 cm³/mol. The van der Waals surface area contributed by atoms with Crippen LogP contribution in [0.1, 0.15) is 0 Å². The van der Waals surface area contributed by atoms with E-state index in [4.69, 9.17) is 0 Å². The molecule has 2 aromatic rings. The molecule has 0 unspecified atom stereocenters. The van der Waals surface area contributed by atoms with Crippen molar-refractivity contribution in [1.29, 1.82) is 0 Å². The summed E-state index contributed by atoms with van der Waals surface area (Å²) in [5.74, 6) is 0.649. The number of rotatable bonds is 6. The summed E-state index contributed by atoms with van der Waals surface area (Å²) in [6.45, 7) is 3.14. The highest BCUT2D eigenvalue weighted by molar-refractivity contribution is 8.00. The van der Waals surface area contributed by atoms with Crippen LogP contribution < -0.4 is 10.2 Å². The lowest BCUT2D eigenvalue weighted by molar-refractivity contribution is -0.128. The molecule has 0 aromatic heterocycles. The molecule has 26 heavy (non-hydrogen) atoms. The van der Waals surface area contributed by atoms with E-state index in [9.17, 15) is 9.59 Å². The number of nitrogens with zero attached hydrogens (tertiary/aromatic N) is 2. The summed E-state index contributed by atoms with van der Waals surface area (Å²) >= 11 is 1.36. The zero-order valence-corrected chi connectivity index (χ0v) is 15.5. The Labute approximate surface area is 158 Å². The van der Waals surface area contributed by atoms with Crippen LogP contribution in [0.4, 0.5) is 11.4 Å². The lowest BCUT2D eigenvalue weighted by Crippen LogP contribution is -2.49. The molecule has 1 saturated heterocycles. The molecular weight excluding hydrogens is 346 g/mol. The maximum atomic E-state index is 12.3. The van der Waals surface area contributed by atoms with Crippen LogP contribution in [0.15, 0.2) is 60.7 Å². The molecule has 0 bridgehead atoms. The van der Waals surface area contributed by atoms with Gasteiger partial charge in [-0.1, -0.05) is 36.4 Å². The largest absolute Gasteiger partial charge is 0.368 e. The minimum absolute atomic E-state index is 0.0807. The first-order valence-corrected chi connectivity index (χ1v) is 9.88. The lowest BCUT2D eigenvalue weighted by Gasteiger charge is -2.36. The fourth-order valence-corrected chi connectivity index (χ4v) is 3.61. The molecule has 0 saturated carbocycles. The molecule has 1 aliphatic rings. The van der Waals surface area contributed by atoms with Crippen LogP contribution in [0.2, 0.25) is 0 Å². The standard InChI is InChI=1S/C20H23N3O2S/c24-19(21-17-7-3-1-4-8-17)15-26-16-20(25)23-13-11-22(12-14-23)18-9-5-2-6-10-18/h1-10H,11-16H2,(H,21,24). The van der Waals surface area contributed by atoms with Crippen molar-refractivity contribution in [2.75, 3.05) is 47.9 Å². The zero-order valence-electron chi connectivity index (χ0n) is 14.6. The lowest BCUT2D eigenvalue weighted by atomic mass is 10.2. The van der Waals surface area contributed by atoms with E-state index in [2.05, 4.69) is 22.3 Å². The van der Waals surface area contributed by atoms with Crippen molar-refractivity contribution >= 4 is 35.0 Å². The van der Waals surface area contributed by atoms with Crippen LogP contribution in [0, 0.1) is 0 Å². The van der Waals surface area contributed by atoms with Crippen molar-refractivity contribution in [2.45, 2.75) is 0 Å². The van der Waals surface area contributed by atoms with Crippen LogP contribution in [0.25, 0.3) is 0 Å². The van der Waals surface area contributed by atoms with Gasteiger partial charge in [0.1, 0.15) is 0 Å².